The van der Waals surface area contributed by atoms with E-state index >= 15 is 4.39 Å². The zero-order valence-electron chi connectivity index (χ0n) is 24.6. The van der Waals surface area contributed by atoms with Gasteiger partial charge in [0.25, 0.3) is 0 Å². The number of Topliss-reactive ketones (excluding diaryl/α,β-unsaturated/α-hetero) is 1. The van der Waals surface area contributed by atoms with Crippen LogP contribution in [-0.2, 0) is 6.42 Å². The van der Waals surface area contributed by atoms with Crippen LogP contribution in [0.3, 0.4) is 0 Å². The number of likely N-dealkylation sites (tertiary alicyclic amines) is 1. The maximum atomic E-state index is 15.0. The summed E-state index contributed by atoms with van der Waals surface area (Å²) in [5.74, 6) is -2.79. The lowest BCUT2D eigenvalue weighted by molar-refractivity contribution is 0.0815. The molecule has 2 aromatic heterocycles. The van der Waals surface area contributed by atoms with Gasteiger partial charge >= 0.3 is 0 Å². The normalized spacial score (nSPS) is 15.4. The molecule has 0 bridgehead atoms. The van der Waals surface area contributed by atoms with Gasteiger partial charge in [-0.15, -0.1) is 0 Å². The highest BCUT2D eigenvalue weighted by molar-refractivity contribution is 6.15. The average Bonchev–Trinajstić information content (AvgIpc) is 3.58. The molecule has 1 saturated heterocycles. The Labute approximate surface area is 252 Å². The number of fused-ring (bicyclic) bond motifs is 1. The second-order valence-electron chi connectivity index (χ2n) is 11.4. The summed E-state index contributed by atoms with van der Waals surface area (Å²) in [6, 6.07) is 8.46. The maximum Gasteiger partial charge on any atom is 0.219 e. The molecule has 0 saturated carbocycles. The number of nitrogen functional groups attached to an aromatic ring is 1. The van der Waals surface area contributed by atoms with Crippen molar-refractivity contribution in [2.75, 3.05) is 18.8 Å². The van der Waals surface area contributed by atoms with Crippen molar-refractivity contribution in [1.29, 1.82) is 0 Å². The first-order valence-corrected chi connectivity index (χ1v) is 14.5. The van der Waals surface area contributed by atoms with E-state index in [9.17, 15) is 13.6 Å². The van der Waals surface area contributed by atoms with Crippen LogP contribution in [0.2, 0.25) is 0 Å². The van der Waals surface area contributed by atoms with Crippen molar-refractivity contribution in [1.82, 2.24) is 19.7 Å². The van der Waals surface area contributed by atoms with Gasteiger partial charge in [-0.25, -0.2) is 22.8 Å². The van der Waals surface area contributed by atoms with Crippen molar-refractivity contribution < 1.29 is 27.4 Å². The summed E-state index contributed by atoms with van der Waals surface area (Å²) in [5.41, 5.74) is 9.48. The number of allylic oxidation sites excluding steroid dienone is 1. The molecule has 2 aliphatic rings. The first-order valence-electron chi connectivity index (χ1n) is 14.5. The molecular formula is C33H32F3N5O3. The van der Waals surface area contributed by atoms with Crippen molar-refractivity contribution in [3.8, 4) is 23.1 Å². The van der Waals surface area contributed by atoms with Crippen molar-refractivity contribution >= 4 is 17.7 Å². The van der Waals surface area contributed by atoms with Crippen LogP contribution in [0.4, 0.5) is 19.0 Å². The number of hydrogen-bond acceptors (Lipinski definition) is 7. The van der Waals surface area contributed by atoms with E-state index in [1.165, 1.54) is 35.3 Å². The van der Waals surface area contributed by atoms with Crippen molar-refractivity contribution in [2.24, 2.45) is 0 Å². The lowest BCUT2D eigenvalue weighted by Gasteiger charge is -2.34. The second kappa shape index (κ2) is 11.8. The molecule has 0 unspecified atom stereocenters. The number of carbonyl (C=O) groups is 1. The van der Waals surface area contributed by atoms with E-state index in [0.717, 1.165) is 43.6 Å². The van der Waals surface area contributed by atoms with Crippen LogP contribution in [0, 0.1) is 24.4 Å². The molecule has 4 aromatic rings. The monoisotopic (exact) mass is 603 g/mol. The minimum absolute atomic E-state index is 0.0252. The number of anilines is 1. The molecule has 11 heteroatoms. The fourth-order valence-corrected chi connectivity index (χ4v) is 5.65. The number of ketones is 1. The molecular weight excluding hydrogens is 571 g/mol. The van der Waals surface area contributed by atoms with Gasteiger partial charge in [-0.3, -0.25) is 4.79 Å². The zero-order chi connectivity index (χ0) is 31.1. The van der Waals surface area contributed by atoms with Gasteiger partial charge in [-0.1, -0.05) is 6.07 Å². The number of hydrogen-bond donors (Lipinski definition) is 1. The molecule has 8 nitrogen and oxygen atoms in total. The number of para-hydroxylation sites is 1. The molecule has 0 atom stereocenters. The molecule has 1 fully saturated rings. The molecule has 44 heavy (non-hydrogen) atoms. The fraction of sp³-hybridized carbons (Fsp3) is 0.303. The predicted octanol–water partition coefficient (Wildman–Crippen LogP) is 6.44. The number of benzene rings is 2. The standard InChI is InChI=1S/C33H32F3N5O3/c1-18(2)40-9-7-23(8-10-40)43-29-15-21-13-22(12-20(21)14-27(29)36)31(42)24-16-39-41(33(24)37)28-17-38-30(11-19(28)3)44-32-25(34)5-4-6-26(32)35/h4-6,11,13-18,23H,7-10,12,37H2,1-3H3. The van der Waals surface area contributed by atoms with Crippen molar-refractivity contribution in [2.45, 2.75) is 52.2 Å². The first-order chi connectivity index (χ1) is 21.1. The molecule has 1 aliphatic heterocycles. The summed E-state index contributed by atoms with van der Waals surface area (Å²) in [6.07, 6.45) is 6.35. The van der Waals surface area contributed by atoms with Crippen LogP contribution in [0.5, 0.6) is 17.4 Å². The van der Waals surface area contributed by atoms with Gasteiger partial charge in [0.2, 0.25) is 11.6 Å². The quantitative estimate of drug-likeness (QED) is 0.232. The number of nitrogens with two attached hydrogens (primary N) is 1. The van der Waals surface area contributed by atoms with E-state index in [-0.39, 0.29) is 41.3 Å². The predicted molar refractivity (Wildman–Crippen MR) is 160 cm³/mol. The van der Waals surface area contributed by atoms with Crippen molar-refractivity contribution in [3.05, 3.63) is 94.1 Å². The Morgan fingerprint density at radius 3 is 2.45 bits per heavy atom. The van der Waals surface area contributed by atoms with E-state index in [2.05, 4.69) is 28.8 Å². The molecule has 0 radical (unpaired) electrons. The van der Waals surface area contributed by atoms with Gasteiger partial charge in [0.1, 0.15) is 11.9 Å². The molecule has 228 valence electrons. The van der Waals surface area contributed by atoms with E-state index in [1.807, 2.05) is 0 Å². The van der Waals surface area contributed by atoms with Gasteiger partial charge in [-0.05, 0) is 80.6 Å². The van der Waals surface area contributed by atoms with Crippen LogP contribution in [0.25, 0.3) is 11.8 Å². The Morgan fingerprint density at radius 2 is 1.77 bits per heavy atom. The van der Waals surface area contributed by atoms with Crippen LogP contribution in [0.15, 0.2) is 54.4 Å². The largest absolute Gasteiger partial charge is 0.487 e. The highest BCUT2D eigenvalue weighted by Crippen LogP contribution is 2.35. The average molecular weight is 604 g/mol. The number of halogens is 3. The highest BCUT2D eigenvalue weighted by Gasteiger charge is 2.27. The summed E-state index contributed by atoms with van der Waals surface area (Å²) in [5, 5.41) is 4.30. The van der Waals surface area contributed by atoms with Crippen molar-refractivity contribution in [3.63, 3.8) is 0 Å². The van der Waals surface area contributed by atoms with E-state index < -0.39 is 23.2 Å². The lowest BCUT2D eigenvalue weighted by atomic mass is 10.0. The van der Waals surface area contributed by atoms with Crippen LogP contribution in [0.1, 0.15) is 53.7 Å². The molecule has 1 aliphatic carbocycles. The Hall–Kier alpha value is -4.64. The number of aryl methyl sites for hydroxylation is 1. The summed E-state index contributed by atoms with van der Waals surface area (Å²) in [7, 11) is 0. The third-order valence-corrected chi connectivity index (χ3v) is 8.16. The minimum Gasteiger partial charge on any atom is -0.487 e. The zero-order valence-corrected chi connectivity index (χ0v) is 24.6. The summed E-state index contributed by atoms with van der Waals surface area (Å²) in [6.45, 7) is 7.87. The second-order valence-corrected chi connectivity index (χ2v) is 11.4. The van der Waals surface area contributed by atoms with E-state index in [4.69, 9.17) is 15.2 Å². The number of ether oxygens (including phenoxy) is 2. The van der Waals surface area contributed by atoms with Crippen LogP contribution in [-0.4, -0.2) is 50.7 Å². The third kappa shape index (κ3) is 5.67. The van der Waals surface area contributed by atoms with Gasteiger partial charge in [0.15, 0.2) is 29.0 Å². The molecule has 2 aromatic carbocycles. The SMILES string of the molecule is Cc1cc(Oc2c(F)cccc2F)ncc1-n1ncc(C(=O)C2=Cc3cc(OC4CCN(C(C)C)CC4)c(F)cc3C2)c1N. The van der Waals surface area contributed by atoms with Gasteiger partial charge in [-0.2, -0.15) is 5.10 Å². The number of rotatable bonds is 8. The summed E-state index contributed by atoms with van der Waals surface area (Å²) in [4.78, 5) is 20.0. The van der Waals surface area contributed by atoms with Crippen LogP contribution >= 0.6 is 0 Å². The van der Waals surface area contributed by atoms with Gasteiger partial charge in [0, 0.05) is 37.2 Å². The number of pyridine rings is 1. The minimum atomic E-state index is -0.856. The van der Waals surface area contributed by atoms with Gasteiger partial charge in [0.05, 0.1) is 23.6 Å². The molecule has 2 N–H and O–H groups in total. The lowest BCUT2D eigenvalue weighted by Crippen LogP contribution is -2.41. The Balaban J connectivity index is 1.18. The van der Waals surface area contributed by atoms with Crippen LogP contribution < -0.4 is 15.2 Å². The maximum absolute atomic E-state index is 15.0. The van der Waals surface area contributed by atoms with E-state index in [1.54, 1.807) is 19.1 Å². The molecule has 3 heterocycles. The van der Waals surface area contributed by atoms with Gasteiger partial charge < -0.3 is 20.1 Å². The van der Waals surface area contributed by atoms with E-state index in [0.29, 0.717) is 28.4 Å². The smallest absolute Gasteiger partial charge is 0.219 e. The first kappa shape index (κ1) is 29.4. The Morgan fingerprint density at radius 1 is 1.05 bits per heavy atom. The molecule has 0 amide bonds. The number of carbonyl (C=O) groups excluding carboxylic acids is 1. The Bertz CT molecular complexity index is 1760. The Kier molecular flexibility index (Phi) is 7.89. The third-order valence-electron chi connectivity index (χ3n) is 8.16. The number of nitrogens with zero attached hydrogens (tertiary/aromatic N) is 4. The summed E-state index contributed by atoms with van der Waals surface area (Å²) < 4.78 is 55.8. The molecule has 0 spiro atoms. The number of piperidine rings is 1. The number of aromatic nitrogens is 3. The summed E-state index contributed by atoms with van der Waals surface area (Å²) >= 11 is 0. The highest BCUT2D eigenvalue weighted by atomic mass is 19.1. The topological polar surface area (TPSA) is 95.5 Å². The fourth-order valence-electron chi connectivity index (χ4n) is 5.65. The molecule has 6 rings (SSSR count).